The Morgan fingerprint density at radius 3 is 2.87 bits per heavy atom. The monoisotopic (exact) mass is 429 g/mol. The summed E-state index contributed by atoms with van der Waals surface area (Å²) in [6.07, 6.45) is 3.73. The van der Waals surface area contributed by atoms with Crippen LogP contribution in [-0.4, -0.2) is 35.5 Å². The maximum atomic E-state index is 5.87. The molecule has 0 fully saturated rings. The van der Waals surface area contributed by atoms with E-state index in [9.17, 15) is 0 Å². The summed E-state index contributed by atoms with van der Waals surface area (Å²) in [5.74, 6) is 0.432. The first-order valence-electron chi connectivity index (χ1n) is 7.28. The number of guanidine groups is 1. The summed E-state index contributed by atoms with van der Waals surface area (Å²) in [4.78, 5) is 4.36. The third kappa shape index (κ3) is 7.00. The average Bonchev–Trinajstić information content (AvgIpc) is 2.99. The van der Waals surface area contributed by atoms with Crippen molar-refractivity contribution >= 4 is 29.9 Å². The Morgan fingerprint density at radius 1 is 1.39 bits per heavy atom. The quantitative estimate of drug-likeness (QED) is 0.401. The number of nitrogens with zero attached hydrogens (tertiary/aromatic N) is 3. The van der Waals surface area contributed by atoms with Gasteiger partial charge in [-0.25, -0.2) is 4.99 Å². The van der Waals surface area contributed by atoms with E-state index in [2.05, 4.69) is 27.5 Å². The Balaban J connectivity index is 0.00000264. The number of rotatable bonds is 7. The molecule has 0 saturated carbocycles. The van der Waals surface area contributed by atoms with Crippen LogP contribution >= 0.6 is 24.0 Å². The third-order valence-electron chi connectivity index (χ3n) is 3.14. The molecule has 23 heavy (non-hydrogen) atoms. The molecule has 2 rings (SSSR count). The van der Waals surface area contributed by atoms with Crippen LogP contribution in [0.4, 0.5) is 0 Å². The minimum Gasteiger partial charge on any atom is -0.383 e. The van der Waals surface area contributed by atoms with Gasteiger partial charge in [-0.3, -0.25) is 4.68 Å². The van der Waals surface area contributed by atoms with E-state index in [0.717, 1.165) is 12.1 Å². The molecule has 126 valence electrons. The van der Waals surface area contributed by atoms with Crippen molar-refractivity contribution in [2.75, 3.05) is 13.7 Å². The molecule has 1 aromatic carbocycles. The van der Waals surface area contributed by atoms with Crippen molar-refractivity contribution in [3.63, 3.8) is 0 Å². The molecule has 0 radical (unpaired) electrons. The van der Waals surface area contributed by atoms with Gasteiger partial charge in [-0.15, -0.1) is 24.0 Å². The normalized spacial score (nSPS) is 12.5. The van der Waals surface area contributed by atoms with E-state index in [1.165, 1.54) is 5.56 Å². The van der Waals surface area contributed by atoms with Gasteiger partial charge in [0.2, 0.25) is 0 Å². The minimum absolute atomic E-state index is 0. The van der Waals surface area contributed by atoms with Gasteiger partial charge in [0.25, 0.3) is 0 Å². The Kier molecular flexibility index (Phi) is 8.64. The first kappa shape index (κ1) is 19.4. The number of hydrogen-bond acceptors (Lipinski definition) is 3. The molecule has 0 aliphatic heterocycles. The van der Waals surface area contributed by atoms with Gasteiger partial charge in [0, 0.05) is 25.5 Å². The highest BCUT2D eigenvalue weighted by atomic mass is 127. The van der Waals surface area contributed by atoms with Crippen LogP contribution in [0.1, 0.15) is 18.1 Å². The molecule has 0 saturated heterocycles. The second-order valence-corrected chi connectivity index (χ2v) is 5.23. The van der Waals surface area contributed by atoms with Crippen molar-refractivity contribution in [3.05, 3.63) is 53.9 Å². The summed E-state index contributed by atoms with van der Waals surface area (Å²) in [5.41, 5.74) is 8.18. The Morgan fingerprint density at radius 2 is 2.17 bits per heavy atom. The largest absolute Gasteiger partial charge is 0.383 e. The zero-order chi connectivity index (χ0) is 15.8. The summed E-state index contributed by atoms with van der Waals surface area (Å²) in [7, 11) is 1.66. The van der Waals surface area contributed by atoms with Gasteiger partial charge in [-0.05, 0) is 24.1 Å². The fourth-order valence-corrected chi connectivity index (χ4v) is 2.17. The van der Waals surface area contributed by atoms with Gasteiger partial charge >= 0.3 is 0 Å². The SMILES string of the molecule is COCC(C)NC(N)=NCc1cccc(Cn2cccn2)c1.I. The summed E-state index contributed by atoms with van der Waals surface area (Å²) < 4.78 is 6.95. The van der Waals surface area contributed by atoms with Crippen molar-refractivity contribution in [1.82, 2.24) is 15.1 Å². The molecule has 0 spiro atoms. The summed E-state index contributed by atoms with van der Waals surface area (Å²) in [5, 5.41) is 7.30. The van der Waals surface area contributed by atoms with Gasteiger partial charge in [0.05, 0.1) is 19.7 Å². The van der Waals surface area contributed by atoms with Crippen molar-refractivity contribution in [2.24, 2.45) is 10.7 Å². The molecule has 3 N–H and O–H groups in total. The van der Waals surface area contributed by atoms with Crippen molar-refractivity contribution < 1.29 is 4.74 Å². The van der Waals surface area contributed by atoms with Crippen LogP contribution in [-0.2, 0) is 17.8 Å². The summed E-state index contributed by atoms with van der Waals surface area (Å²) in [6.45, 7) is 3.89. The smallest absolute Gasteiger partial charge is 0.189 e. The second kappa shape index (κ2) is 10.2. The number of nitrogens with one attached hydrogen (secondary N) is 1. The number of aliphatic imine (C=N–C) groups is 1. The molecular weight excluding hydrogens is 405 g/mol. The van der Waals surface area contributed by atoms with E-state index in [-0.39, 0.29) is 30.0 Å². The first-order chi connectivity index (χ1) is 10.7. The highest BCUT2D eigenvalue weighted by Gasteiger charge is 2.02. The predicted octanol–water partition coefficient (Wildman–Crippen LogP) is 1.99. The fraction of sp³-hybridized carbons (Fsp3) is 0.375. The molecule has 1 aromatic heterocycles. The lowest BCUT2D eigenvalue weighted by atomic mass is 10.1. The van der Waals surface area contributed by atoms with Gasteiger partial charge in [0.15, 0.2) is 5.96 Å². The molecule has 1 unspecified atom stereocenters. The number of hydrogen-bond donors (Lipinski definition) is 2. The number of halogens is 1. The van der Waals surface area contributed by atoms with E-state index in [4.69, 9.17) is 10.5 Å². The number of aromatic nitrogens is 2. The lowest BCUT2D eigenvalue weighted by Crippen LogP contribution is -2.40. The second-order valence-electron chi connectivity index (χ2n) is 5.23. The molecule has 0 amide bonds. The van der Waals surface area contributed by atoms with Crippen LogP contribution in [0.2, 0.25) is 0 Å². The lowest BCUT2D eigenvalue weighted by molar-refractivity contribution is 0.179. The average molecular weight is 429 g/mol. The van der Waals surface area contributed by atoms with Crippen LogP contribution < -0.4 is 11.1 Å². The first-order valence-corrected chi connectivity index (χ1v) is 7.28. The molecule has 0 aliphatic carbocycles. The molecule has 1 atom stereocenters. The van der Waals surface area contributed by atoms with Crippen LogP contribution in [0.25, 0.3) is 0 Å². The Hall–Kier alpha value is -1.61. The minimum atomic E-state index is 0. The number of methoxy groups -OCH3 is 1. The highest BCUT2D eigenvalue weighted by Crippen LogP contribution is 2.08. The summed E-state index contributed by atoms with van der Waals surface area (Å²) in [6, 6.07) is 10.3. The predicted molar refractivity (Wildman–Crippen MR) is 103 cm³/mol. The molecule has 0 aliphatic rings. The standard InChI is InChI=1S/C16H23N5O.HI/c1-13(12-22-2)20-16(17)18-10-14-5-3-6-15(9-14)11-21-8-4-7-19-21;/h3-9,13H,10-12H2,1-2H3,(H3,17,18,20);1H. The zero-order valence-electron chi connectivity index (χ0n) is 13.5. The molecule has 2 aromatic rings. The van der Waals surface area contributed by atoms with Crippen molar-refractivity contribution in [1.29, 1.82) is 0 Å². The van der Waals surface area contributed by atoms with Crippen LogP contribution in [0.15, 0.2) is 47.7 Å². The number of benzene rings is 1. The van der Waals surface area contributed by atoms with Gasteiger partial charge in [0.1, 0.15) is 0 Å². The topological polar surface area (TPSA) is 77.5 Å². The maximum absolute atomic E-state index is 5.87. The molecular formula is C16H24IN5O. The van der Waals surface area contributed by atoms with E-state index in [0.29, 0.717) is 19.1 Å². The fourth-order valence-electron chi connectivity index (χ4n) is 2.17. The summed E-state index contributed by atoms with van der Waals surface area (Å²) >= 11 is 0. The Bertz CT molecular complexity index is 600. The molecule has 7 heteroatoms. The number of nitrogens with two attached hydrogens (primary N) is 1. The number of ether oxygens (including phenoxy) is 1. The van der Waals surface area contributed by atoms with E-state index < -0.39 is 0 Å². The maximum Gasteiger partial charge on any atom is 0.189 e. The highest BCUT2D eigenvalue weighted by molar-refractivity contribution is 14.0. The van der Waals surface area contributed by atoms with Crippen molar-refractivity contribution in [3.8, 4) is 0 Å². The van der Waals surface area contributed by atoms with E-state index in [1.807, 2.05) is 36.0 Å². The molecule has 6 nitrogen and oxygen atoms in total. The van der Waals surface area contributed by atoms with Gasteiger partial charge < -0.3 is 15.8 Å². The molecule has 1 heterocycles. The van der Waals surface area contributed by atoms with Crippen molar-refractivity contribution in [2.45, 2.75) is 26.1 Å². The van der Waals surface area contributed by atoms with Crippen LogP contribution in [0.5, 0.6) is 0 Å². The molecule has 0 bridgehead atoms. The van der Waals surface area contributed by atoms with Gasteiger partial charge in [-0.2, -0.15) is 5.10 Å². The van der Waals surface area contributed by atoms with Crippen LogP contribution in [0, 0.1) is 0 Å². The van der Waals surface area contributed by atoms with Crippen LogP contribution in [0.3, 0.4) is 0 Å². The van der Waals surface area contributed by atoms with E-state index >= 15 is 0 Å². The van der Waals surface area contributed by atoms with E-state index in [1.54, 1.807) is 13.3 Å². The zero-order valence-corrected chi connectivity index (χ0v) is 15.8. The Labute approximate surface area is 154 Å². The third-order valence-corrected chi connectivity index (χ3v) is 3.14. The lowest BCUT2D eigenvalue weighted by Gasteiger charge is -2.13. The van der Waals surface area contributed by atoms with Gasteiger partial charge in [-0.1, -0.05) is 24.3 Å².